The molecule has 2 heterocycles. The predicted molar refractivity (Wildman–Crippen MR) is 71.2 cm³/mol. The number of hydrogen-bond donors (Lipinski definition) is 3. The van der Waals surface area contributed by atoms with E-state index in [1.807, 2.05) is 4.98 Å². The Morgan fingerprint density at radius 1 is 1.55 bits per heavy atom. The molecule has 0 aromatic carbocycles. The Morgan fingerprint density at radius 3 is 2.80 bits per heavy atom. The van der Waals surface area contributed by atoms with Gasteiger partial charge in [-0.25, -0.2) is 9.18 Å². The number of nitrogens with zero attached hydrogens (tertiary/aromatic N) is 1. The van der Waals surface area contributed by atoms with E-state index in [4.69, 9.17) is 9.84 Å². The van der Waals surface area contributed by atoms with Gasteiger partial charge in [0.25, 0.3) is 5.56 Å². The average Bonchev–Trinajstić information content (AvgIpc) is 2.70. The van der Waals surface area contributed by atoms with Gasteiger partial charge in [0.1, 0.15) is 12.2 Å². The number of halogens is 2. The van der Waals surface area contributed by atoms with Crippen LogP contribution in [-0.4, -0.2) is 44.8 Å². The van der Waals surface area contributed by atoms with E-state index in [0.717, 1.165) is 10.8 Å². The third-order valence-electron chi connectivity index (χ3n) is 2.99. The van der Waals surface area contributed by atoms with Crippen LogP contribution in [0.5, 0.6) is 0 Å². The molecule has 0 aliphatic carbocycles. The zero-order valence-corrected chi connectivity index (χ0v) is 11.7. The van der Waals surface area contributed by atoms with Crippen molar-refractivity contribution in [3.05, 3.63) is 37.6 Å². The Hall–Kier alpha value is -1.29. The number of alkyl halides is 1. The number of ether oxygens (including phenoxy) is 1. The lowest BCUT2D eigenvalue weighted by atomic mass is 10.1. The predicted octanol–water partition coefficient (Wildman–Crippen LogP) is -0.509. The van der Waals surface area contributed by atoms with Crippen molar-refractivity contribution in [3.63, 3.8) is 0 Å². The molecule has 1 fully saturated rings. The third-order valence-corrected chi connectivity index (χ3v) is 3.25. The topological polar surface area (TPSA) is 105 Å². The molecule has 110 valence electrons. The summed E-state index contributed by atoms with van der Waals surface area (Å²) in [6, 6.07) is 0. The van der Waals surface area contributed by atoms with E-state index in [9.17, 15) is 19.1 Å². The number of aliphatic hydroxyl groups excluding tert-OH is 2. The SMILES string of the molecule is O=c1[nH]c(=O)n([C@@H]2O[C@H](CO)[C@@H](O)[C@@H]2F)cc1/C=C/Br. The van der Waals surface area contributed by atoms with E-state index in [1.165, 1.54) is 11.1 Å². The van der Waals surface area contributed by atoms with E-state index in [-0.39, 0.29) is 5.56 Å². The first-order valence-corrected chi connectivity index (χ1v) is 6.62. The largest absolute Gasteiger partial charge is 0.394 e. The summed E-state index contributed by atoms with van der Waals surface area (Å²) in [5, 5.41) is 18.5. The molecule has 0 bridgehead atoms. The monoisotopic (exact) mass is 350 g/mol. The number of aliphatic hydroxyl groups is 2. The Kier molecular flexibility index (Phi) is 4.53. The van der Waals surface area contributed by atoms with Gasteiger partial charge in [-0.1, -0.05) is 15.9 Å². The molecule has 1 aliphatic rings. The minimum Gasteiger partial charge on any atom is -0.394 e. The molecule has 0 amide bonds. The van der Waals surface area contributed by atoms with Crippen molar-refractivity contribution in [2.45, 2.75) is 24.6 Å². The number of aromatic amines is 1. The number of aromatic nitrogens is 2. The number of rotatable bonds is 3. The van der Waals surface area contributed by atoms with Gasteiger partial charge in [-0.05, 0) is 11.1 Å². The molecule has 1 aromatic heterocycles. The van der Waals surface area contributed by atoms with E-state index in [0.29, 0.717) is 0 Å². The molecule has 2 rings (SSSR count). The lowest BCUT2D eigenvalue weighted by Crippen LogP contribution is -2.36. The molecule has 0 spiro atoms. The van der Waals surface area contributed by atoms with E-state index in [1.54, 1.807) is 0 Å². The van der Waals surface area contributed by atoms with E-state index >= 15 is 0 Å². The summed E-state index contributed by atoms with van der Waals surface area (Å²) in [5.41, 5.74) is -1.38. The van der Waals surface area contributed by atoms with Gasteiger partial charge in [0.15, 0.2) is 12.4 Å². The highest BCUT2D eigenvalue weighted by Gasteiger charge is 2.45. The maximum Gasteiger partial charge on any atom is 0.330 e. The minimum atomic E-state index is -1.89. The third kappa shape index (κ3) is 2.62. The summed E-state index contributed by atoms with van der Waals surface area (Å²) < 4.78 is 19.9. The lowest BCUT2D eigenvalue weighted by Gasteiger charge is -2.16. The first-order valence-electron chi connectivity index (χ1n) is 5.70. The van der Waals surface area contributed by atoms with Gasteiger partial charge in [-0.3, -0.25) is 14.3 Å². The van der Waals surface area contributed by atoms with Crippen molar-refractivity contribution in [2.75, 3.05) is 6.61 Å². The number of H-pyrrole nitrogens is 1. The molecule has 3 N–H and O–H groups in total. The van der Waals surface area contributed by atoms with Crippen molar-refractivity contribution in [2.24, 2.45) is 0 Å². The van der Waals surface area contributed by atoms with Crippen LogP contribution in [0.25, 0.3) is 6.08 Å². The summed E-state index contributed by atoms with van der Waals surface area (Å²) in [6.45, 7) is -0.579. The maximum atomic E-state index is 13.9. The van der Waals surface area contributed by atoms with Crippen LogP contribution in [0.4, 0.5) is 4.39 Å². The van der Waals surface area contributed by atoms with Gasteiger partial charge >= 0.3 is 5.69 Å². The van der Waals surface area contributed by atoms with Gasteiger partial charge in [0.2, 0.25) is 0 Å². The fourth-order valence-corrected chi connectivity index (χ4v) is 2.24. The normalized spacial score (nSPS) is 30.2. The molecule has 1 aromatic rings. The number of hydrogen-bond acceptors (Lipinski definition) is 5. The smallest absolute Gasteiger partial charge is 0.330 e. The van der Waals surface area contributed by atoms with Crippen molar-refractivity contribution in [1.82, 2.24) is 9.55 Å². The Balaban J connectivity index is 2.46. The summed E-state index contributed by atoms with van der Waals surface area (Å²) in [6.07, 6.45) is -3.46. The van der Waals surface area contributed by atoms with Crippen LogP contribution in [0.2, 0.25) is 0 Å². The second kappa shape index (κ2) is 6.00. The lowest BCUT2D eigenvalue weighted by molar-refractivity contribution is -0.0491. The molecule has 1 aliphatic heterocycles. The van der Waals surface area contributed by atoms with Crippen molar-refractivity contribution in [3.8, 4) is 0 Å². The van der Waals surface area contributed by atoms with Crippen LogP contribution in [0.1, 0.15) is 11.8 Å². The highest BCUT2D eigenvalue weighted by molar-refractivity contribution is 9.11. The van der Waals surface area contributed by atoms with E-state index in [2.05, 4.69) is 15.9 Å². The molecule has 20 heavy (non-hydrogen) atoms. The molecular formula is C11H12BrFN2O5. The Labute approximate surface area is 120 Å². The maximum absolute atomic E-state index is 13.9. The standard InChI is InChI=1S/C11H12BrFN2O5/c12-2-1-5-3-15(11(19)14-9(5)18)10-7(13)8(17)6(4-16)20-10/h1-3,6-8,10,16-17H,4H2,(H,14,18,19)/b2-1+/t6-,7+,8-,10-/m1/s1. The second-order valence-corrected chi connectivity index (χ2v) is 4.75. The van der Waals surface area contributed by atoms with Gasteiger partial charge in [-0.2, -0.15) is 0 Å². The summed E-state index contributed by atoms with van der Waals surface area (Å²) in [4.78, 5) is 26.6. The molecule has 7 nitrogen and oxygen atoms in total. The van der Waals surface area contributed by atoms with Gasteiger partial charge in [0.05, 0.1) is 12.2 Å². The zero-order valence-electron chi connectivity index (χ0n) is 10.1. The van der Waals surface area contributed by atoms with Crippen LogP contribution in [0.15, 0.2) is 20.8 Å². The molecule has 0 unspecified atom stereocenters. The molecular weight excluding hydrogens is 339 g/mol. The number of nitrogens with one attached hydrogen (secondary N) is 1. The van der Waals surface area contributed by atoms with Crippen LogP contribution >= 0.6 is 15.9 Å². The molecule has 9 heteroatoms. The first-order chi connectivity index (χ1) is 9.49. The van der Waals surface area contributed by atoms with Crippen LogP contribution < -0.4 is 11.2 Å². The van der Waals surface area contributed by atoms with Gasteiger partial charge in [0, 0.05) is 6.20 Å². The van der Waals surface area contributed by atoms with E-state index < -0.39 is 42.5 Å². The van der Waals surface area contributed by atoms with Crippen LogP contribution in [0.3, 0.4) is 0 Å². The second-order valence-electron chi connectivity index (χ2n) is 4.23. The van der Waals surface area contributed by atoms with Crippen molar-refractivity contribution >= 4 is 22.0 Å². The molecule has 0 saturated carbocycles. The summed E-state index contributed by atoms with van der Waals surface area (Å²) in [5.74, 6) is 0. The first kappa shape index (κ1) is 15.1. The quantitative estimate of drug-likeness (QED) is 0.681. The van der Waals surface area contributed by atoms with Gasteiger partial charge in [-0.15, -0.1) is 0 Å². The average molecular weight is 351 g/mol. The molecule has 1 saturated heterocycles. The molecule has 4 atom stereocenters. The fourth-order valence-electron chi connectivity index (χ4n) is 1.95. The highest BCUT2D eigenvalue weighted by atomic mass is 79.9. The summed E-state index contributed by atoms with van der Waals surface area (Å²) >= 11 is 2.99. The highest BCUT2D eigenvalue weighted by Crippen LogP contribution is 2.30. The summed E-state index contributed by atoms with van der Waals surface area (Å²) in [7, 11) is 0. The van der Waals surface area contributed by atoms with Crippen molar-refractivity contribution < 1.29 is 19.3 Å². The Bertz CT molecular complexity index is 628. The fraction of sp³-hybridized carbons (Fsp3) is 0.455. The van der Waals surface area contributed by atoms with Crippen molar-refractivity contribution in [1.29, 1.82) is 0 Å². The zero-order chi connectivity index (χ0) is 14.9. The van der Waals surface area contributed by atoms with Gasteiger partial charge < -0.3 is 14.9 Å². The minimum absolute atomic E-state index is 0.110. The van der Waals surface area contributed by atoms with Crippen LogP contribution in [0, 0.1) is 0 Å². The Morgan fingerprint density at radius 2 is 2.25 bits per heavy atom. The molecule has 0 radical (unpaired) electrons. The van der Waals surface area contributed by atoms with Crippen LogP contribution in [-0.2, 0) is 4.74 Å².